The Morgan fingerprint density at radius 3 is 2.62 bits per heavy atom. The van der Waals surface area contributed by atoms with Crippen LogP contribution in [0, 0.1) is 11.7 Å². The minimum absolute atomic E-state index is 0.0337. The van der Waals surface area contributed by atoms with Crippen LogP contribution in [0.4, 0.5) is 4.39 Å². The van der Waals surface area contributed by atoms with Gasteiger partial charge in [-0.15, -0.1) is 0 Å². The van der Waals surface area contributed by atoms with Crippen LogP contribution in [0.25, 0.3) is 0 Å². The molecule has 1 aromatic carbocycles. The highest BCUT2D eigenvalue weighted by Crippen LogP contribution is 2.08. The van der Waals surface area contributed by atoms with Crippen molar-refractivity contribution in [2.75, 3.05) is 13.1 Å². The number of carbonyl (C=O) groups excluding carboxylic acids is 1. The number of rotatable bonds is 9. The lowest BCUT2D eigenvalue weighted by Gasteiger charge is -2.15. The van der Waals surface area contributed by atoms with Gasteiger partial charge in [-0.2, -0.15) is 0 Å². The van der Waals surface area contributed by atoms with Gasteiger partial charge >= 0.3 is 0 Å². The molecule has 0 aliphatic heterocycles. The van der Waals surface area contributed by atoms with Gasteiger partial charge in [0.05, 0.1) is 12.1 Å². The van der Waals surface area contributed by atoms with E-state index in [1.165, 1.54) is 18.6 Å². The molecule has 0 aromatic heterocycles. The highest BCUT2D eigenvalue weighted by atomic mass is 19.1. The van der Waals surface area contributed by atoms with Gasteiger partial charge in [-0.05, 0) is 31.4 Å². The molecule has 0 heterocycles. The molecule has 6 heteroatoms. The van der Waals surface area contributed by atoms with E-state index < -0.39 is 11.7 Å². The van der Waals surface area contributed by atoms with Crippen molar-refractivity contribution >= 4 is 11.9 Å². The molecule has 24 heavy (non-hydrogen) atoms. The predicted molar refractivity (Wildman–Crippen MR) is 96.5 cm³/mol. The minimum atomic E-state index is -0.532. The van der Waals surface area contributed by atoms with Crippen molar-refractivity contribution in [1.82, 2.24) is 10.6 Å². The van der Waals surface area contributed by atoms with Gasteiger partial charge in [0.2, 0.25) is 0 Å². The summed E-state index contributed by atoms with van der Waals surface area (Å²) in [6.07, 6.45) is 3.39. The van der Waals surface area contributed by atoms with E-state index in [4.69, 9.17) is 5.73 Å². The topological polar surface area (TPSA) is 79.5 Å². The predicted octanol–water partition coefficient (Wildman–Crippen LogP) is 2.67. The van der Waals surface area contributed by atoms with Crippen molar-refractivity contribution in [3.8, 4) is 0 Å². The number of halogens is 1. The molecule has 1 unspecified atom stereocenters. The number of carbonyl (C=O) groups is 1. The normalized spacial score (nSPS) is 13.0. The van der Waals surface area contributed by atoms with Crippen molar-refractivity contribution in [1.29, 1.82) is 0 Å². The van der Waals surface area contributed by atoms with E-state index in [9.17, 15) is 9.18 Å². The lowest BCUT2D eigenvalue weighted by Crippen LogP contribution is -2.39. The number of nitrogens with zero attached hydrogens (tertiary/aromatic N) is 1. The molecular weight excluding hydrogens is 307 g/mol. The van der Waals surface area contributed by atoms with Gasteiger partial charge in [0.1, 0.15) is 5.82 Å². The third kappa shape index (κ3) is 7.94. The maximum atomic E-state index is 13.5. The van der Waals surface area contributed by atoms with Crippen LogP contribution < -0.4 is 16.4 Å². The first-order valence-corrected chi connectivity index (χ1v) is 8.49. The van der Waals surface area contributed by atoms with Gasteiger partial charge in [-0.3, -0.25) is 9.79 Å². The summed E-state index contributed by atoms with van der Waals surface area (Å²) in [5.41, 5.74) is 5.86. The van der Waals surface area contributed by atoms with Crippen LogP contribution in [0.5, 0.6) is 0 Å². The molecular formula is C18H29FN4O. The molecule has 4 N–H and O–H groups in total. The molecule has 0 aliphatic carbocycles. The van der Waals surface area contributed by atoms with Crippen molar-refractivity contribution < 1.29 is 9.18 Å². The second-order valence-corrected chi connectivity index (χ2v) is 6.37. The average Bonchev–Trinajstić information content (AvgIpc) is 2.51. The van der Waals surface area contributed by atoms with E-state index in [-0.39, 0.29) is 11.6 Å². The summed E-state index contributed by atoms with van der Waals surface area (Å²) >= 11 is 0. The van der Waals surface area contributed by atoms with Gasteiger partial charge < -0.3 is 16.4 Å². The van der Waals surface area contributed by atoms with Gasteiger partial charge in [-0.25, -0.2) is 4.39 Å². The quantitative estimate of drug-likeness (QED) is 0.368. The molecule has 0 saturated carbocycles. The maximum absolute atomic E-state index is 13.5. The molecule has 1 aromatic rings. The van der Waals surface area contributed by atoms with Crippen LogP contribution in [0.2, 0.25) is 0 Å². The zero-order valence-corrected chi connectivity index (χ0v) is 14.8. The standard InChI is InChI=1S/C18H29FN4O/c1-13(2)7-6-8-14(3)23-18(20)22-12-11-21-17(24)15-9-4-5-10-16(15)19/h4-5,9-10,13-14H,6-8,11-12H2,1-3H3,(H,21,24)(H3,20,22,23). The number of amides is 1. The summed E-state index contributed by atoms with van der Waals surface area (Å²) in [6.45, 7) is 7.14. The summed E-state index contributed by atoms with van der Waals surface area (Å²) in [6, 6.07) is 6.14. The van der Waals surface area contributed by atoms with Crippen LogP contribution in [-0.4, -0.2) is 31.0 Å². The van der Waals surface area contributed by atoms with Crippen molar-refractivity contribution in [2.45, 2.75) is 46.1 Å². The summed E-state index contributed by atoms with van der Waals surface area (Å²) in [7, 11) is 0. The number of aliphatic imine (C=N–C) groups is 1. The highest BCUT2D eigenvalue weighted by Gasteiger charge is 2.09. The number of hydrogen-bond donors (Lipinski definition) is 3. The van der Waals surface area contributed by atoms with Crippen LogP contribution in [0.3, 0.4) is 0 Å². The molecule has 0 saturated heterocycles. The maximum Gasteiger partial charge on any atom is 0.254 e. The van der Waals surface area contributed by atoms with E-state index in [0.717, 1.165) is 12.8 Å². The highest BCUT2D eigenvalue weighted by molar-refractivity contribution is 5.94. The fourth-order valence-electron chi connectivity index (χ4n) is 2.29. The second kappa shape index (κ2) is 10.6. The Kier molecular flexibility index (Phi) is 8.83. The molecule has 0 radical (unpaired) electrons. The number of guanidine groups is 1. The summed E-state index contributed by atoms with van der Waals surface area (Å²) in [5.74, 6) is 0.0975. The van der Waals surface area contributed by atoms with Crippen LogP contribution in [-0.2, 0) is 0 Å². The molecule has 0 bridgehead atoms. The van der Waals surface area contributed by atoms with E-state index in [0.29, 0.717) is 25.0 Å². The average molecular weight is 336 g/mol. The van der Waals surface area contributed by atoms with E-state index in [2.05, 4.69) is 36.4 Å². The lowest BCUT2D eigenvalue weighted by atomic mass is 10.0. The zero-order chi connectivity index (χ0) is 17.9. The molecule has 0 aliphatic rings. The first-order chi connectivity index (χ1) is 11.4. The van der Waals surface area contributed by atoms with Crippen LogP contribution in [0.1, 0.15) is 50.4 Å². The Bertz CT molecular complexity index is 546. The van der Waals surface area contributed by atoms with Crippen LogP contribution >= 0.6 is 0 Å². The van der Waals surface area contributed by atoms with E-state index in [1.807, 2.05) is 0 Å². The largest absolute Gasteiger partial charge is 0.370 e. The third-order valence-corrected chi connectivity index (χ3v) is 3.61. The SMILES string of the molecule is CC(C)CCCC(C)NC(N)=NCCNC(=O)c1ccccc1F. The molecule has 1 amide bonds. The van der Waals surface area contributed by atoms with Crippen molar-refractivity contribution in [3.05, 3.63) is 35.6 Å². The first kappa shape index (κ1) is 19.9. The lowest BCUT2D eigenvalue weighted by molar-refractivity contribution is 0.0951. The van der Waals surface area contributed by atoms with Gasteiger partial charge in [0.25, 0.3) is 5.91 Å². The Balaban J connectivity index is 2.26. The fraction of sp³-hybridized carbons (Fsp3) is 0.556. The number of nitrogens with two attached hydrogens (primary N) is 1. The van der Waals surface area contributed by atoms with Gasteiger partial charge in [0.15, 0.2) is 5.96 Å². The fourth-order valence-corrected chi connectivity index (χ4v) is 2.29. The second-order valence-electron chi connectivity index (χ2n) is 6.37. The summed E-state index contributed by atoms with van der Waals surface area (Å²) in [4.78, 5) is 16.0. The van der Waals surface area contributed by atoms with Gasteiger partial charge in [-0.1, -0.05) is 38.8 Å². The molecule has 0 spiro atoms. The van der Waals surface area contributed by atoms with Crippen LogP contribution in [0.15, 0.2) is 29.3 Å². The third-order valence-electron chi connectivity index (χ3n) is 3.61. The van der Waals surface area contributed by atoms with Gasteiger partial charge in [0, 0.05) is 12.6 Å². The molecule has 0 fully saturated rings. The Morgan fingerprint density at radius 2 is 1.96 bits per heavy atom. The van der Waals surface area contributed by atoms with Crippen molar-refractivity contribution in [2.24, 2.45) is 16.6 Å². The van der Waals surface area contributed by atoms with E-state index >= 15 is 0 Å². The first-order valence-electron chi connectivity index (χ1n) is 8.49. The van der Waals surface area contributed by atoms with E-state index in [1.54, 1.807) is 12.1 Å². The summed E-state index contributed by atoms with van der Waals surface area (Å²) in [5, 5.41) is 5.76. The number of hydrogen-bond acceptors (Lipinski definition) is 2. The molecule has 1 atom stereocenters. The smallest absolute Gasteiger partial charge is 0.254 e. The summed E-state index contributed by atoms with van der Waals surface area (Å²) < 4.78 is 13.5. The zero-order valence-electron chi connectivity index (χ0n) is 14.8. The number of nitrogens with one attached hydrogen (secondary N) is 2. The van der Waals surface area contributed by atoms with Crippen molar-refractivity contribution in [3.63, 3.8) is 0 Å². The Hall–Kier alpha value is -2.11. The Labute approximate surface area is 143 Å². The molecule has 134 valence electrons. The number of benzene rings is 1. The minimum Gasteiger partial charge on any atom is -0.370 e. The monoisotopic (exact) mass is 336 g/mol. The molecule has 1 rings (SSSR count). The molecule has 5 nitrogen and oxygen atoms in total. The Morgan fingerprint density at radius 1 is 1.25 bits per heavy atom.